The van der Waals surface area contributed by atoms with E-state index in [-0.39, 0.29) is 5.91 Å². The van der Waals surface area contributed by atoms with E-state index in [2.05, 4.69) is 15.9 Å². The Kier molecular flexibility index (Phi) is 3.49. The van der Waals surface area contributed by atoms with Crippen LogP contribution in [-0.2, 0) is 4.79 Å². The average molecular weight is 284 g/mol. The van der Waals surface area contributed by atoms with E-state index in [1.807, 2.05) is 29.2 Å². The van der Waals surface area contributed by atoms with Crippen molar-refractivity contribution >= 4 is 21.8 Å². The molecule has 0 aromatic heterocycles. The van der Waals surface area contributed by atoms with Gasteiger partial charge in [-0.15, -0.1) is 0 Å². The maximum absolute atomic E-state index is 11.8. The van der Waals surface area contributed by atoms with Gasteiger partial charge in [-0.1, -0.05) is 15.9 Å². The summed E-state index contributed by atoms with van der Waals surface area (Å²) in [5.41, 5.74) is 0. The Bertz CT molecular complexity index is 373. The van der Waals surface area contributed by atoms with Gasteiger partial charge in [-0.05, 0) is 37.6 Å². The normalized spacial score (nSPS) is 16.5. The molecule has 1 unspecified atom stereocenters. The zero-order chi connectivity index (χ0) is 11.5. The van der Waals surface area contributed by atoms with Crippen LogP contribution in [0.2, 0.25) is 0 Å². The van der Waals surface area contributed by atoms with Crippen molar-refractivity contribution in [2.45, 2.75) is 19.4 Å². The molecule has 1 aromatic rings. The van der Waals surface area contributed by atoms with Gasteiger partial charge in [0.15, 0.2) is 6.10 Å². The predicted molar refractivity (Wildman–Crippen MR) is 65.4 cm³/mol. The van der Waals surface area contributed by atoms with Crippen LogP contribution >= 0.6 is 15.9 Å². The number of ether oxygens (including phenoxy) is 1. The molecule has 86 valence electrons. The molecule has 1 aromatic carbocycles. The van der Waals surface area contributed by atoms with Crippen molar-refractivity contribution in [3.8, 4) is 5.75 Å². The van der Waals surface area contributed by atoms with Gasteiger partial charge in [-0.25, -0.2) is 0 Å². The van der Waals surface area contributed by atoms with E-state index in [1.54, 1.807) is 6.92 Å². The number of likely N-dealkylation sites (tertiary alicyclic amines) is 1. The summed E-state index contributed by atoms with van der Waals surface area (Å²) in [6.07, 6.45) is 0.706. The van der Waals surface area contributed by atoms with Crippen molar-refractivity contribution in [3.63, 3.8) is 0 Å². The first-order valence-corrected chi connectivity index (χ1v) is 6.17. The Morgan fingerprint density at radius 3 is 2.50 bits per heavy atom. The topological polar surface area (TPSA) is 29.5 Å². The second kappa shape index (κ2) is 4.87. The van der Waals surface area contributed by atoms with Crippen LogP contribution in [-0.4, -0.2) is 30.0 Å². The summed E-state index contributed by atoms with van der Waals surface area (Å²) >= 11 is 3.35. The quantitative estimate of drug-likeness (QED) is 0.853. The Balaban J connectivity index is 1.93. The predicted octanol–water partition coefficient (Wildman–Crippen LogP) is 2.45. The monoisotopic (exact) mass is 283 g/mol. The second-order valence-corrected chi connectivity index (χ2v) is 4.81. The van der Waals surface area contributed by atoms with Gasteiger partial charge in [-0.3, -0.25) is 4.79 Å². The number of hydrogen-bond acceptors (Lipinski definition) is 2. The fourth-order valence-corrected chi connectivity index (χ4v) is 1.83. The second-order valence-electron chi connectivity index (χ2n) is 3.89. The molecule has 0 N–H and O–H groups in total. The third kappa shape index (κ3) is 2.55. The summed E-state index contributed by atoms with van der Waals surface area (Å²) in [5.74, 6) is 0.804. The smallest absolute Gasteiger partial charge is 0.263 e. The van der Waals surface area contributed by atoms with E-state index < -0.39 is 6.10 Å². The summed E-state index contributed by atoms with van der Waals surface area (Å²) in [4.78, 5) is 13.6. The Labute approximate surface area is 104 Å². The number of rotatable bonds is 3. The summed E-state index contributed by atoms with van der Waals surface area (Å²) < 4.78 is 6.58. The van der Waals surface area contributed by atoms with Crippen LogP contribution < -0.4 is 4.74 Å². The summed E-state index contributed by atoms with van der Waals surface area (Å²) in [6, 6.07) is 7.50. The van der Waals surface area contributed by atoms with E-state index in [1.165, 1.54) is 0 Å². The first-order valence-electron chi connectivity index (χ1n) is 5.38. The van der Waals surface area contributed by atoms with E-state index in [4.69, 9.17) is 4.74 Å². The van der Waals surface area contributed by atoms with Crippen LogP contribution in [0.1, 0.15) is 13.3 Å². The minimum atomic E-state index is -0.401. The third-order valence-electron chi connectivity index (χ3n) is 2.64. The zero-order valence-corrected chi connectivity index (χ0v) is 10.7. The molecule has 0 saturated carbocycles. The molecule has 1 aliphatic rings. The highest BCUT2D eigenvalue weighted by atomic mass is 79.9. The van der Waals surface area contributed by atoms with Crippen molar-refractivity contribution < 1.29 is 9.53 Å². The molecule has 1 fully saturated rings. The highest BCUT2D eigenvalue weighted by molar-refractivity contribution is 9.10. The van der Waals surface area contributed by atoms with Crippen molar-refractivity contribution in [2.75, 3.05) is 13.1 Å². The molecular weight excluding hydrogens is 270 g/mol. The molecule has 16 heavy (non-hydrogen) atoms. The van der Waals surface area contributed by atoms with E-state index in [9.17, 15) is 4.79 Å². The van der Waals surface area contributed by atoms with Gasteiger partial charge in [0.2, 0.25) is 0 Å². The fraction of sp³-hybridized carbons (Fsp3) is 0.417. The fourth-order valence-electron chi connectivity index (χ4n) is 1.56. The molecule has 0 bridgehead atoms. The summed E-state index contributed by atoms with van der Waals surface area (Å²) in [7, 11) is 0. The molecule has 1 amide bonds. The van der Waals surface area contributed by atoms with Crippen molar-refractivity contribution in [1.82, 2.24) is 4.90 Å². The zero-order valence-electron chi connectivity index (χ0n) is 9.15. The number of carbonyl (C=O) groups excluding carboxylic acids is 1. The van der Waals surface area contributed by atoms with Gasteiger partial charge in [0.05, 0.1) is 0 Å². The highest BCUT2D eigenvalue weighted by Gasteiger charge is 2.26. The lowest BCUT2D eigenvalue weighted by Crippen LogP contribution is -2.47. The molecule has 2 rings (SSSR count). The average Bonchev–Trinajstić information content (AvgIpc) is 2.19. The highest BCUT2D eigenvalue weighted by Crippen LogP contribution is 2.18. The maximum atomic E-state index is 11.8. The Hall–Kier alpha value is -1.03. The van der Waals surface area contributed by atoms with Crippen molar-refractivity contribution in [2.24, 2.45) is 0 Å². The van der Waals surface area contributed by atoms with Crippen LogP contribution in [0.25, 0.3) is 0 Å². The lowest BCUT2D eigenvalue weighted by Gasteiger charge is -2.33. The molecule has 4 heteroatoms. The third-order valence-corrected chi connectivity index (χ3v) is 3.17. The lowest BCUT2D eigenvalue weighted by atomic mass is 10.2. The van der Waals surface area contributed by atoms with Gasteiger partial charge < -0.3 is 9.64 Å². The largest absolute Gasteiger partial charge is 0.481 e. The number of nitrogens with zero attached hydrogens (tertiary/aromatic N) is 1. The van der Waals surface area contributed by atoms with Gasteiger partial charge in [-0.2, -0.15) is 0 Å². The number of benzene rings is 1. The molecule has 1 atom stereocenters. The minimum Gasteiger partial charge on any atom is -0.481 e. The van der Waals surface area contributed by atoms with Crippen LogP contribution in [0.4, 0.5) is 0 Å². The number of amides is 1. The number of hydrogen-bond donors (Lipinski definition) is 0. The maximum Gasteiger partial charge on any atom is 0.263 e. The summed E-state index contributed by atoms with van der Waals surface area (Å²) in [5, 5.41) is 0. The van der Waals surface area contributed by atoms with E-state index in [0.717, 1.165) is 29.7 Å². The molecule has 0 aliphatic carbocycles. The van der Waals surface area contributed by atoms with E-state index in [0.29, 0.717) is 0 Å². The first-order chi connectivity index (χ1) is 7.66. The SMILES string of the molecule is CC(Oc1ccc(Br)cc1)C(=O)N1CCC1. The first kappa shape index (κ1) is 11.5. The molecule has 1 aliphatic heterocycles. The van der Waals surface area contributed by atoms with Crippen molar-refractivity contribution in [1.29, 1.82) is 0 Å². The molecule has 1 saturated heterocycles. The molecule has 3 nitrogen and oxygen atoms in total. The number of halogens is 1. The molecular formula is C12H14BrNO2. The minimum absolute atomic E-state index is 0.0779. The Morgan fingerprint density at radius 1 is 1.38 bits per heavy atom. The molecule has 1 heterocycles. The van der Waals surface area contributed by atoms with Crippen molar-refractivity contribution in [3.05, 3.63) is 28.7 Å². The van der Waals surface area contributed by atoms with Crippen LogP contribution in [0.15, 0.2) is 28.7 Å². The molecule has 0 spiro atoms. The van der Waals surface area contributed by atoms with Crippen LogP contribution in [0.3, 0.4) is 0 Å². The summed E-state index contributed by atoms with van der Waals surface area (Å²) in [6.45, 7) is 3.53. The Morgan fingerprint density at radius 2 is 2.00 bits per heavy atom. The van der Waals surface area contributed by atoms with Gasteiger partial charge in [0.25, 0.3) is 5.91 Å². The van der Waals surface area contributed by atoms with Crippen LogP contribution in [0, 0.1) is 0 Å². The van der Waals surface area contributed by atoms with E-state index >= 15 is 0 Å². The lowest BCUT2D eigenvalue weighted by molar-refractivity contribution is -0.141. The van der Waals surface area contributed by atoms with Gasteiger partial charge in [0.1, 0.15) is 5.75 Å². The van der Waals surface area contributed by atoms with Gasteiger partial charge >= 0.3 is 0 Å². The van der Waals surface area contributed by atoms with Crippen LogP contribution in [0.5, 0.6) is 5.75 Å². The van der Waals surface area contributed by atoms with Gasteiger partial charge in [0, 0.05) is 17.6 Å². The molecule has 0 radical (unpaired) electrons. The number of carbonyl (C=O) groups is 1. The standard InChI is InChI=1S/C12H14BrNO2/c1-9(12(15)14-7-2-8-14)16-11-5-3-10(13)4-6-11/h3-6,9H,2,7-8H2,1H3.